The third kappa shape index (κ3) is 4.90. The lowest BCUT2D eigenvalue weighted by atomic mass is 9.58. The fraction of sp³-hybridized carbons (Fsp3) is 0. The predicted molar refractivity (Wildman–Crippen MR) is 314 cm³/mol. The number of hydrogen-bond acceptors (Lipinski definition) is 1. The van der Waals surface area contributed by atoms with Crippen LogP contribution in [0.15, 0.2) is 46.9 Å². The second-order valence-corrected chi connectivity index (χ2v) is 18.0. The first-order valence-corrected chi connectivity index (χ1v) is 21.2. The smallest absolute Gasteiger partial charge is 0.145 e. The topological polar surface area (TPSA) is 13.1 Å². The first kappa shape index (κ1) is 39.2. The number of fused-ring (bicyclic) bond motifs is 7. The van der Waals surface area contributed by atoms with Gasteiger partial charge in [-0.05, 0) is 76.3 Å². The van der Waals surface area contributed by atoms with Crippen LogP contribution in [-0.2, 0) is 0 Å². The lowest BCUT2D eigenvalue weighted by Crippen LogP contribution is -2.50. The van der Waals surface area contributed by atoms with E-state index in [4.69, 9.17) is 4.42 Å². The van der Waals surface area contributed by atoms with Crippen molar-refractivity contribution in [1.29, 1.82) is 0 Å². The Labute approximate surface area is 358 Å². The molecular weight excluding hydrogens is 680 g/mol. The van der Waals surface area contributed by atoms with E-state index in [0.29, 0.717) is 0 Å². The molecule has 1 heterocycles. The maximum Gasteiger partial charge on any atom is 0.145 e. The monoisotopic (exact) mass is 724 g/mol. The molecule has 0 amide bonds. The van der Waals surface area contributed by atoms with Gasteiger partial charge < -0.3 is 4.42 Å². The van der Waals surface area contributed by atoms with Gasteiger partial charge in [0.15, 0.2) is 0 Å². The van der Waals surface area contributed by atoms with Crippen molar-refractivity contribution in [3.8, 4) is 22.3 Å². The van der Waals surface area contributed by atoms with Crippen molar-refractivity contribution in [2.24, 2.45) is 0 Å². The zero-order valence-corrected chi connectivity index (χ0v) is 37.9. The van der Waals surface area contributed by atoms with Crippen LogP contribution in [0.4, 0.5) is 0 Å². The summed E-state index contributed by atoms with van der Waals surface area (Å²) in [5.74, 6) is 0. The highest BCUT2D eigenvalue weighted by atomic mass is 16.3. The van der Waals surface area contributed by atoms with Gasteiger partial charge in [0.1, 0.15) is 145 Å². The summed E-state index contributed by atoms with van der Waals surface area (Å²) >= 11 is 0. The lowest BCUT2D eigenvalue weighted by molar-refractivity contribution is 0.675. The van der Waals surface area contributed by atoms with Gasteiger partial charge >= 0.3 is 0 Å². The van der Waals surface area contributed by atoms with E-state index in [1.54, 1.807) is 0 Å². The van der Waals surface area contributed by atoms with E-state index in [-0.39, 0.29) is 0 Å². The Balaban J connectivity index is 1.58. The molecule has 0 saturated heterocycles. The quantitative estimate of drug-likeness (QED) is 0.128. The van der Waals surface area contributed by atoms with Crippen molar-refractivity contribution < 1.29 is 4.42 Å². The molecule has 0 bridgehead atoms. The minimum atomic E-state index is 1.02. The molecule has 0 unspecified atom stereocenters. The minimum absolute atomic E-state index is 1.02. The molecular formula is C40H41B17O. The Bertz CT molecular complexity index is 3340. The summed E-state index contributed by atoms with van der Waals surface area (Å²) in [5, 5.41) is 13.4. The van der Waals surface area contributed by atoms with Crippen LogP contribution in [0.3, 0.4) is 0 Å². The molecule has 0 aliphatic heterocycles. The fourth-order valence-corrected chi connectivity index (χ4v) is 11.4. The maximum atomic E-state index is 7.32. The van der Waals surface area contributed by atoms with E-state index < -0.39 is 0 Å². The molecule has 1 nitrogen and oxygen atoms in total. The Morgan fingerprint density at radius 3 is 1.16 bits per heavy atom. The van der Waals surface area contributed by atoms with E-state index >= 15 is 0 Å². The van der Waals surface area contributed by atoms with Gasteiger partial charge in [0.05, 0.1) is 0 Å². The van der Waals surface area contributed by atoms with E-state index in [0.717, 1.165) is 11.2 Å². The number of benzene rings is 8. The highest BCUT2D eigenvalue weighted by Crippen LogP contribution is 2.42. The van der Waals surface area contributed by atoms with Gasteiger partial charge in [0.25, 0.3) is 0 Å². The molecule has 18 heteroatoms. The van der Waals surface area contributed by atoms with E-state index in [2.05, 4.69) is 176 Å². The predicted octanol–water partition coefficient (Wildman–Crippen LogP) is -18.1. The summed E-state index contributed by atoms with van der Waals surface area (Å²) in [4.78, 5) is 0. The van der Waals surface area contributed by atoms with Crippen LogP contribution in [0.5, 0.6) is 0 Å². The molecule has 0 saturated carbocycles. The van der Waals surface area contributed by atoms with Crippen molar-refractivity contribution in [3.63, 3.8) is 0 Å². The van der Waals surface area contributed by atoms with Crippen LogP contribution in [-0.4, -0.2) is 133 Å². The summed E-state index contributed by atoms with van der Waals surface area (Å²) in [6.45, 7) is 0. The molecule has 0 N–H and O–H groups in total. The molecule has 0 fully saturated rings. The summed E-state index contributed by atoms with van der Waals surface area (Å²) in [6.07, 6.45) is 0. The Hall–Kier alpha value is -4.30. The van der Waals surface area contributed by atoms with Crippen LogP contribution in [0.25, 0.3) is 87.3 Å². The summed E-state index contributed by atoms with van der Waals surface area (Å²) in [7, 11) is 39.7. The molecule has 0 atom stereocenters. The molecule has 1 aromatic heterocycles. The third-order valence-electron chi connectivity index (χ3n) is 15.8. The van der Waals surface area contributed by atoms with Gasteiger partial charge in [-0.15, -0.1) is 32.8 Å². The Kier molecular flexibility index (Phi) is 9.02. The zero-order chi connectivity index (χ0) is 41.7. The average molecular weight is 722 g/mol. The molecule has 58 heavy (non-hydrogen) atoms. The van der Waals surface area contributed by atoms with Crippen LogP contribution in [0.1, 0.15) is 0 Å². The first-order valence-electron chi connectivity index (χ1n) is 21.2. The maximum absolute atomic E-state index is 7.32. The SMILES string of the molecule is Bc1c(B)c(B)c2c(B)c3c(oc4c(B)c(-c5c6c(B)c(B)c(B)c(B)c6c(-c6cccc7ccccc67)c6c(B)c(B)c(B)c(B)c56)c(B)c(B)c43)c(B)c2c1B. The van der Waals surface area contributed by atoms with Crippen LogP contribution < -0.4 is 92.9 Å². The molecule has 9 aromatic rings. The molecule has 9 rings (SSSR count). The van der Waals surface area contributed by atoms with Crippen molar-refractivity contribution in [3.05, 3.63) is 42.5 Å². The number of hydrogen-bond donors (Lipinski definition) is 0. The van der Waals surface area contributed by atoms with Crippen LogP contribution in [0.2, 0.25) is 0 Å². The second-order valence-electron chi connectivity index (χ2n) is 18.0. The van der Waals surface area contributed by atoms with Gasteiger partial charge in [0.2, 0.25) is 0 Å². The minimum Gasteiger partial charge on any atom is -0.457 e. The van der Waals surface area contributed by atoms with Crippen molar-refractivity contribution >= 4 is 291 Å². The van der Waals surface area contributed by atoms with E-state index in [9.17, 15) is 0 Å². The molecule has 0 aliphatic rings. The Morgan fingerprint density at radius 1 is 0.259 bits per heavy atom. The highest BCUT2D eigenvalue weighted by Gasteiger charge is 2.30. The zero-order valence-electron chi connectivity index (χ0n) is 37.9. The molecule has 0 aliphatic carbocycles. The summed E-state index contributed by atoms with van der Waals surface area (Å²) < 4.78 is 7.32. The average Bonchev–Trinajstić information content (AvgIpc) is 3.63. The van der Waals surface area contributed by atoms with E-state index in [1.807, 2.05) is 0 Å². The Morgan fingerprint density at radius 2 is 0.638 bits per heavy atom. The lowest BCUT2D eigenvalue weighted by Gasteiger charge is -2.30. The van der Waals surface area contributed by atoms with Gasteiger partial charge in [-0.1, -0.05) is 91.6 Å². The normalized spacial score (nSPS) is 11.9. The van der Waals surface area contributed by atoms with Crippen molar-refractivity contribution in [2.45, 2.75) is 0 Å². The van der Waals surface area contributed by atoms with Crippen LogP contribution >= 0.6 is 0 Å². The summed E-state index contributed by atoms with van der Waals surface area (Å²) in [6, 6.07) is 15.8. The van der Waals surface area contributed by atoms with E-state index in [1.165, 1.54) is 169 Å². The van der Waals surface area contributed by atoms with Gasteiger partial charge in [-0.2, -0.15) is 0 Å². The highest BCUT2D eigenvalue weighted by molar-refractivity contribution is 6.74. The summed E-state index contributed by atoms with van der Waals surface area (Å²) in [5.41, 5.74) is 30.3. The first-order chi connectivity index (χ1) is 27.4. The molecule has 8 aromatic carbocycles. The third-order valence-corrected chi connectivity index (χ3v) is 15.8. The van der Waals surface area contributed by atoms with Crippen LogP contribution in [0, 0.1) is 0 Å². The van der Waals surface area contributed by atoms with Crippen molar-refractivity contribution in [2.75, 3.05) is 0 Å². The number of rotatable bonds is 2. The van der Waals surface area contributed by atoms with Crippen molar-refractivity contribution in [1.82, 2.24) is 0 Å². The number of furan rings is 1. The largest absolute Gasteiger partial charge is 0.457 e. The fourth-order valence-electron chi connectivity index (χ4n) is 11.4. The van der Waals surface area contributed by atoms with Gasteiger partial charge in [-0.25, -0.2) is 0 Å². The molecule has 0 radical (unpaired) electrons. The van der Waals surface area contributed by atoms with Gasteiger partial charge in [-0.3, -0.25) is 0 Å². The van der Waals surface area contributed by atoms with Gasteiger partial charge in [0, 0.05) is 10.8 Å². The second kappa shape index (κ2) is 13.4. The molecule has 0 spiro atoms. The standard InChI is InChI=1S/C40H41B17O/c41-22-18-19(29(48)38(57)37(56)28(18)47)32(51)39-20(22)21-30(49)27(46)17(31(50)40(21)58-39)12-15-13(23(42)33(52)35(54)25(15)44)11(10-7-3-5-8-4-1-2-6-9(8)10)14-16(12)26(45)36(55)34(53)24(14)43/h1-7H,41-57H2. The molecule has 258 valence electrons.